The molecule has 2 aromatic rings. The number of likely N-dealkylation sites (N-methyl/N-ethyl adjacent to an activating group) is 1. The summed E-state index contributed by atoms with van der Waals surface area (Å²) in [6, 6.07) is 5.78. The molecule has 1 unspecified atom stereocenters. The van der Waals surface area contributed by atoms with Gasteiger partial charge in [-0.3, -0.25) is 14.5 Å². The van der Waals surface area contributed by atoms with Crippen molar-refractivity contribution in [1.82, 2.24) is 25.3 Å². The molecule has 3 heterocycles. The van der Waals surface area contributed by atoms with E-state index in [0.29, 0.717) is 35.4 Å². The molecule has 1 N–H and O–H groups in total. The zero-order valence-electron chi connectivity index (χ0n) is 16.3. The molecule has 1 saturated heterocycles. The Labute approximate surface area is 163 Å². The van der Waals surface area contributed by atoms with Crippen molar-refractivity contribution in [2.24, 2.45) is 0 Å². The summed E-state index contributed by atoms with van der Waals surface area (Å²) < 4.78 is 4.89. The van der Waals surface area contributed by atoms with E-state index in [9.17, 15) is 9.59 Å². The molecular formula is C20H25N5O3. The topological polar surface area (TPSA) is 91.6 Å². The van der Waals surface area contributed by atoms with Crippen LogP contribution in [0.4, 0.5) is 0 Å². The van der Waals surface area contributed by atoms with Gasteiger partial charge in [-0.25, -0.2) is 0 Å². The lowest BCUT2D eigenvalue weighted by molar-refractivity contribution is 0.0731. The summed E-state index contributed by atoms with van der Waals surface area (Å²) >= 11 is 0. The highest BCUT2D eigenvalue weighted by Crippen LogP contribution is 2.26. The number of carbonyl (C=O) groups excluding carboxylic acids is 2. The van der Waals surface area contributed by atoms with Crippen molar-refractivity contribution < 1.29 is 14.1 Å². The third-order valence-corrected chi connectivity index (χ3v) is 5.56. The number of nitrogens with zero attached hydrogens (tertiary/aromatic N) is 4. The molecule has 1 aromatic carbocycles. The van der Waals surface area contributed by atoms with Crippen molar-refractivity contribution in [3.63, 3.8) is 0 Å². The normalized spacial score (nSPS) is 19.3. The first-order valence-corrected chi connectivity index (χ1v) is 9.78. The minimum absolute atomic E-state index is 0.0152. The van der Waals surface area contributed by atoms with Crippen LogP contribution in [-0.2, 0) is 13.1 Å². The third-order valence-electron chi connectivity index (χ3n) is 5.56. The SMILES string of the molecule is CCN1CCCC1CN1Cc2ccc(C(=O)NCc3noc(C)n3)cc2C1=O. The Morgan fingerprint density at radius 2 is 2.25 bits per heavy atom. The van der Waals surface area contributed by atoms with Crippen LogP contribution in [0.25, 0.3) is 0 Å². The number of aromatic nitrogens is 2. The van der Waals surface area contributed by atoms with Gasteiger partial charge in [0.2, 0.25) is 5.89 Å². The molecule has 8 nitrogen and oxygen atoms in total. The minimum atomic E-state index is -0.260. The molecule has 1 aromatic heterocycles. The summed E-state index contributed by atoms with van der Waals surface area (Å²) in [5, 5.41) is 6.52. The smallest absolute Gasteiger partial charge is 0.254 e. The van der Waals surface area contributed by atoms with Gasteiger partial charge in [0.1, 0.15) is 0 Å². The van der Waals surface area contributed by atoms with Gasteiger partial charge in [0.05, 0.1) is 6.54 Å². The van der Waals surface area contributed by atoms with Crippen molar-refractivity contribution >= 4 is 11.8 Å². The molecule has 0 saturated carbocycles. The molecule has 0 spiro atoms. The first-order valence-electron chi connectivity index (χ1n) is 9.78. The first kappa shape index (κ1) is 18.6. The van der Waals surface area contributed by atoms with Crippen LogP contribution in [0.3, 0.4) is 0 Å². The number of rotatable bonds is 6. The number of hydrogen-bond donors (Lipinski definition) is 1. The number of nitrogens with one attached hydrogen (secondary N) is 1. The molecule has 1 fully saturated rings. The Morgan fingerprint density at radius 1 is 1.39 bits per heavy atom. The maximum absolute atomic E-state index is 12.9. The van der Waals surface area contributed by atoms with Gasteiger partial charge in [-0.05, 0) is 43.6 Å². The standard InChI is InChI=1S/C20H25N5O3/c1-3-24-8-4-5-16(24)12-25-11-15-7-6-14(9-17(15)20(25)27)19(26)21-10-18-22-13(2)28-23-18/h6-7,9,16H,3-5,8,10-12H2,1-2H3,(H,21,26). The van der Waals surface area contributed by atoms with E-state index < -0.39 is 0 Å². The second-order valence-electron chi connectivity index (χ2n) is 7.39. The maximum atomic E-state index is 12.9. The van der Waals surface area contributed by atoms with E-state index in [4.69, 9.17) is 4.52 Å². The lowest BCUT2D eigenvalue weighted by Crippen LogP contribution is -2.40. The third kappa shape index (κ3) is 3.64. The highest BCUT2D eigenvalue weighted by Gasteiger charge is 2.32. The zero-order chi connectivity index (χ0) is 19.7. The van der Waals surface area contributed by atoms with E-state index in [1.807, 2.05) is 11.0 Å². The van der Waals surface area contributed by atoms with E-state index >= 15 is 0 Å². The molecule has 4 rings (SSSR count). The molecule has 2 aliphatic heterocycles. The number of likely N-dealkylation sites (tertiary alicyclic amines) is 1. The lowest BCUT2D eigenvalue weighted by Gasteiger charge is -2.27. The molecular weight excluding hydrogens is 358 g/mol. The number of benzene rings is 1. The summed E-state index contributed by atoms with van der Waals surface area (Å²) in [6.07, 6.45) is 2.33. The number of carbonyl (C=O) groups is 2. The summed E-state index contributed by atoms with van der Waals surface area (Å²) in [6.45, 7) is 7.54. The van der Waals surface area contributed by atoms with Crippen LogP contribution in [0, 0.1) is 6.92 Å². The van der Waals surface area contributed by atoms with Crippen LogP contribution in [0.1, 0.15) is 57.8 Å². The van der Waals surface area contributed by atoms with Gasteiger partial charge in [0.15, 0.2) is 5.82 Å². The summed E-state index contributed by atoms with van der Waals surface area (Å²) in [4.78, 5) is 33.7. The van der Waals surface area contributed by atoms with Crippen LogP contribution >= 0.6 is 0 Å². The van der Waals surface area contributed by atoms with Crippen molar-refractivity contribution in [2.45, 2.75) is 45.8 Å². The van der Waals surface area contributed by atoms with Crippen LogP contribution in [-0.4, -0.2) is 57.4 Å². The largest absolute Gasteiger partial charge is 0.345 e. The van der Waals surface area contributed by atoms with Crippen LogP contribution < -0.4 is 5.32 Å². The Morgan fingerprint density at radius 3 is 3.00 bits per heavy atom. The van der Waals surface area contributed by atoms with Gasteiger partial charge in [-0.2, -0.15) is 4.98 Å². The molecule has 0 radical (unpaired) electrons. The van der Waals surface area contributed by atoms with Gasteiger partial charge >= 0.3 is 0 Å². The van der Waals surface area contributed by atoms with Crippen LogP contribution in [0.2, 0.25) is 0 Å². The van der Waals surface area contributed by atoms with Crippen LogP contribution in [0.15, 0.2) is 22.7 Å². The van der Waals surface area contributed by atoms with Crippen molar-refractivity contribution in [2.75, 3.05) is 19.6 Å². The van der Waals surface area contributed by atoms with Gasteiger partial charge in [0, 0.05) is 37.2 Å². The van der Waals surface area contributed by atoms with E-state index in [2.05, 4.69) is 27.3 Å². The van der Waals surface area contributed by atoms with Gasteiger partial charge in [-0.1, -0.05) is 18.1 Å². The summed E-state index contributed by atoms with van der Waals surface area (Å²) in [5.74, 6) is 0.633. The minimum Gasteiger partial charge on any atom is -0.345 e. The summed E-state index contributed by atoms with van der Waals surface area (Å²) in [7, 11) is 0. The molecule has 28 heavy (non-hydrogen) atoms. The molecule has 148 valence electrons. The van der Waals surface area contributed by atoms with E-state index in [1.165, 1.54) is 6.42 Å². The highest BCUT2D eigenvalue weighted by molar-refractivity contribution is 6.02. The quantitative estimate of drug-likeness (QED) is 0.817. The number of hydrogen-bond acceptors (Lipinski definition) is 6. The number of fused-ring (bicyclic) bond motifs is 1. The average Bonchev–Trinajstić information content (AvgIpc) is 3.40. The molecule has 0 bridgehead atoms. The second-order valence-corrected chi connectivity index (χ2v) is 7.39. The zero-order valence-corrected chi connectivity index (χ0v) is 16.3. The van der Waals surface area contributed by atoms with E-state index in [0.717, 1.165) is 31.6 Å². The predicted molar refractivity (Wildman–Crippen MR) is 102 cm³/mol. The van der Waals surface area contributed by atoms with E-state index in [1.54, 1.807) is 19.1 Å². The van der Waals surface area contributed by atoms with Crippen LogP contribution in [0.5, 0.6) is 0 Å². The fourth-order valence-corrected chi connectivity index (χ4v) is 4.10. The molecule has 2 aliphatic rings. The lowest BCUT2D eigenvalue weighted by atomic mass is 10.1. The Balaban J connectivity index is 1.41. The maximum Gasteiger partial charge on any atom is 0.254 e. The Bertz CT molecular complexity index is 894. The molecule has 0 aliphatic carbocycles. The average molecular weight is 383 g/mol. The Kier molecular flexibility index (Phi) is 5.13. The highest BCUT2D eigenvalue weighted by atomic mass is 16.5. The Hall–Kier alpha value is -2.74. The fourth-order valence-electron chi connectivity index (χ4n) is 4.10. The molecule has 2 amide bonds. The van der Waals surface area contributed by atoms with Crippen molar-refractivity contribution in [3.8, 4) is 0 Å². The van der Waals surface area contributed by atoms with Gasteiger partial charge in [-0.15, -0.1) is 0 Å². The second kappa shape index (κ2) is 7.71. The molecule has 1 atom stereocenters. The van der Waals surface area contributed by atoms with Crippen molar-refractivity contribution in [3.05, 3.63) is 46.6 Å². The van der Waals surface area contributed by atoms with Gasteiger partial charge < -0.3 is 14.7 Å². The number of amides is 2. The van der Waals surface area contributed by atoms with Gasteiger partial charge in [0.25, 0.3) is 11.8 Å². The van der Waals surface area contributed by atoms with Crippen molar-refractivity contribution in [1.29, 1.82) is 0 Å². The monoisotopic (exact) mass is 383 g/mol. The number of aryl methyl sites for hydroxylation is 1. The fraction of sp³-hybridized carbons (Fsp3) is 0.500. The van der Waals surface area contributed by atoms with E-state index in [-0.39, 0.29) is 18.4 Å². The summed E-state index contributed by atoms with van der Waals surface area (Å²) in [5.41, 5.74) is 2.07. The first-order chi connectivity index (χ1) is 13.5. The molecule has 8 heteroatoms. The predicted octanol–water partition coefficient (Wildman–Crippen LogP) is 1.75.